The second kappa shape index (κ2) is 8.61. The molecular formula is C28H28FNO2. The van der Waals surface area contributed by atoms with Crippen LogP contribution in [0.4, 0.5) is 4.39 Å². The van der Waals surface area contributed by atoms with E-state index in [0.29, 0.717) is 30.4 Å². The molecule has 1 unspecified atom stereocenters. The summed E-state index contributed by atoms with van der Waals surface area (Å²) in [6.07, 6.45) is 2.31. The molecule has 32 heavy (non-hydrogen) atoms. The van der Waals surface area contributed by atoms with Crippen molar-refractivity contribution in [3.05, 3.63) is 95.8 Å². The number of fused-ring (bicyclic) bond motifs is 1. The Morgan fingerprint density at radius 3 is 2.28 bits per heavy atom. The van der Waals surface area contributed by atoms with Crippen molar-refractivity contribution < 1.29 is 14.3 Å². The Balaban J connectivity index is 1.20. The lowest BCUT2D eigenvalue weighted by atomic mass is 9.91. The molecule has 0 radical (unpaired) electrons. The SMILES string of the molecule is O=C(CN1C[C@@H]2CC(O)(Cc3ccccc3)C[C@@H]2C1)c1cccc(-c2ccc(F)cc2)c1. The topological polar surface area (TPSA) is 40.5 Å². The van der Waals surface area contributed by atoms with Crippen LogP contribution in [0, 0.1) is 17.7 Å². The zero-order valence-corrected chi connectivity index (χ0v) is 18.1. The third-order valence-electron chi connectivity index (χ3n) is 7.04. The predicted molar refractivity (Wildman–Crippen MR) is 124 cm³/mol. The molecule has 1 aliphatic heterocycles. The molecule has 1 aliphatic carbocycles. The maximum Gasteiger partial charge on any atom is 0.176 e. The van der Waals surface area contributed by atoms with Crippen LogP contribution in [0.3, 0.4) is 0 Å². The highest BCUT2D eigenvalue weighted by Crippen LogP contribution is 2.45. The van der Waals surface area contributed by atoms with Gasteiger partial charge in [-0.3, -0.25) is 9.69 Å². The molecule has 0 spiro atoms. The summed E-state index contributed by atoms with van der Waals surface area (Å²) in [4.78, 5) is 15.2. The molecule has 0 aromatic heterocycles. The van der Waals surface area contributed by atoms with Crippen LogP contribution in [0.25, 0.3) is 11.1 Å². The second-order valence-corrected chi connectivity index (χ2v) is 9.52. The summed E-state index contributed by atoms with van der Waals surface area (Å²) in [5.41, 5.74) is 3.05. The molecule has 3 atom stereocenters. The summed E-state index contributed by atoms with van der Waals surface area (Å²) >= 11 is 0. The predicted octanol–water partition coefficient (Wildman–Crippen LogP) is 4.99. The highest BCUT2D eigenvalue weighted by molar-refractivity contribution is 5.98. The van der Waals surface area contributed by atoms with E-state index in [1.807, 2.05) is 42.5 Å². The van der Waals surface area contributed by atoms with Crippen LogP contribution in [-0.2, 0) is 6.42 Å². The van der Waals surface area contributed by atoms with Crippen molar-refractivity contribution in [2.75, 3.05) is 19.6 Å². The van der Waals surface area contributed by atoms with Crippen molar-refractivity contribution in [2.24, 2.45) is 11.8 Å². The highest BCUT2D eigenvalue weighted by atomic mass is 19.1. The fourth-order valence-corrected chi connectivity index (χ4v) is 5.62. The van der Waals surface area contributed by atoms with Gasteiger partial charge in [0.15, 0.2) is 5.78 Å². The van der Waals surface area contributed by atoms with Crippen molar-refractivity contribution >= 4 is 5.78 Å². The second-order valence-electron chi connectivity index (χ2n) is 9.52. The third kappa shape index (κ3) is 4.52. The molecule has 3 aromatic rings. The summed E-state index contributed by atoms with van der Waals surface area (Å²) in [5.74, 6) is 0.730. The molecule has 2 fully saturated rings. The number of carbonyl (C=O) groups is 1. The number of nitrogens with zero attached hydrogens (tertiary/aromatic N) is 1. The minimum atomic E-state index is -0.629. The van der Waals surface area contributed by atoms with Crippen molar-refractivity contribution in [3.8, 4) is 11.1 Å². The summed E-state index contributed by atoms with van der Waals surface area (Å²) in [7, 11) is 0. The van der Waals surface area contributed by atoms with Crippen LogP contribution in [0.5, 0.6) is 0 Å². The van der Waals surface area contributed by atoms with Gasteiger partial charge in [0.2, 0.25) is 0 Å². The fraction of sp³-hybridized carbons (Fsp3) is 0.321. The fourth-order valence-electron chi connectivity index (χ4n) is 5.62. The van der Waals surface area contributed by atoms with Gasteiger partial charge >= 0.3 is 0 Å². The number of halogens is 1. The first kappa shape index (κ1) is 21.0. The van der Waals surface area contributed by atoms with Crippen LogP contribution >= 0.6 is 0 Å². The minimum absolute atomic E-state index is 0.105. The van der Waals surface area contributed by atoms with Gasteiger partial charge in [0.25, 0.3) is 0 Å². The smallest absolute Gasteiger partial charge is 0.176 e. The van der Waals surface area contributed by atoms with Gasteiger partial charge in [0, 0.05) is 25.1 Å². The van der Waals surface area contributed by atoms with Crippen LogP contribution in [0.15, 0.2) is 78.9 Å². The van der Waals surface area contributed by atoms with E-state index >= 15 is 0 Å². The average Bonchev–Trinajstić information content (AvgIpc) is 3.28. The Labute approximate surface area is 188 Å². The molecule has 3 nitrogen and oxygen atoms in total. The van der Waals surface area contributed by atoms with Crippen molar-refractivity contribution in [1.82, 2.24) is 4.90 Å². The summed E-state index contributed by atoms with van der Waals surface area (Å²) in [5, 5.41) is 11.1. The first-order chi connectivity index (χ1) is 15.5. The molecule has 1 saturated heterocycles. The summed E-state index contributed by atoms with van der Waals surface area (Å²) in [6.45, 7) is 2.13. The van der Waals surface area contributed by atoms with Crippen LogP contribution < -0.4 is 0 Å². The van der Waals surface area contributed by atoms with Crippen molar-refractivity contribution in [1.29, 1.82) is 0 Å². The minimum Gasteiger partial charge on any atom is -0.390 e. The number of hydrogen-bond acceptors (Lipinski definition) is 3. The Morgan fingerprint density at radius 2 is 1.59 bits per heavy atom. The molecule has 5 rings (SSSR count). The monoisotopic (exact) mass is 429 g/mol. The zero-order chi connectivity index (χ0) is 22.1. The number of hydrogen-bond donors (Lipinski definition) is 1. The molecule has 0 amide bonds. The van der Waals surface area contributed by atoms with Gasteiger partial charge in [-0.25, -0.2) is 4.39 Å². The van der Waals surface area contributed by atoms with E-state index < -0.39 is 5.60 Å². The number of rotatable bonds is 6. The normalized spacial score (nSPS) is 25.1. The molecule has 1 saturated carbocycles. The van der Waals surface area contributed by atoms with E-state index in [1.165, 1.54) is 17.7 Å². The number of benzene rings is 3. The zero-order valence-electron chi connectivity index (χ0n) is 18.1. The van der Waals surface area contributed by atoms with Gasteiger partial charge in [-0.1, -0.05) is 60.7 Å². The van der Waals surface area contributed by atoms with E-state index in [2.05, 4.69) is 17.0 Å². The molecule has 1 N–H and O–H groups in total. The molecular weight excluding hydrogens is 401 g/mol. The van der Waals surface area contributed by atoms with Gasteiger partial charge in [-0.15, -0.1) is 0 Å². The van der Waals surface area contributed by atoms with E-state index in [9.17, 15) is 14.3 Å². The van der Waals surface area contributed by atoms with Crippen LogP contribution in [-0.4, -0.2) is 41.0 Å². The maximum atomic E-state index is 13.2. The third-order valence-corrected chi connectivity index (χ3v) is 7.04. The van der Waals surface area contributed by atoms with Crippen LogP contribution in [0.2, 0.25) is 0 Å². The quantitative estimate of drug-likeness (QED) is 0.561. The molecule has 2 aliphatic rings. The molecule has 4 heteroatoms. The average molecular weight is 430 g/mol. The maximum absolute atomic E-state index is 13.2. The van der Waals surface area contributed by atoms with Gasteiger partial charge < -0.3 is 5.11 Å². The number of aliphatic hydroxyl groups is 1. The lowest BCUT2D eigenvalue weighted by Gasteiger charge is -2.26. The van der Waals surface area contributed by atoms with Gasteiger partial charge in [-0.2, -0.15) is 0 Å². The van der Waals surface area contributed by atoms with Gasteiger partial charge in [0.05, 0.1) is 12.1 Å². The number of Topliss-reactive ketones (excluding diaryl/α,β-unsaturated/α-hetero) is 1. The van der Waals surface area contributed by atoms with E-state index in [4.69, 9.17) is 0 Å². The standard InChI is InChI=1S/C28H28FNO2/c29-26-11-9-21(10-12-26)22-7-4-8-23(13-22)27(31)19-30-17-24-15-28(32,16-25(24)18-30)14-20-5-2-1-3-6-20/h1-13,24-25,32H,14-19H2/t24-,25+,28?. The lowest BCUT2D eigenvalue weighted by molar-refractivity contribution is 0.0355. The number of ketones is 1. The summed E-state index contributed by atoms with van der Waals surface area (Å²) < 4.78 is 13.2. The largest absolute Gasteiger partial charge is 0.390 e. The molecule has 164 valence electrons. The van der Waals surface area contributed by atoms with E-state index in [-0.39, 0.29) is 11.6 Å². The first-order valence-electron chi connectivity index (χ1n) is 11.4. The Bertz CT molecular complexity index is 1080. The highest BCUT2D eigenvalue weighted by Gasteiger charge is 2.48. The number of carbonyl (C=O) groups excluding carboxylic acids is 1. The van der Waals surface area contributed by atoms with Crippen molar-refractivity contribution in [3.63, 3.8) is 0 Å². The molecule has 0 bridgehead atoms. The molecule has 3 aromatic carbocycles. The Hall–Kier alpha value is -2.82. The lowest BCUT2D eigenvalue weighted by Crippen LogP contribution is -2.34. The molecule has 1 heterocycles. The van der Waals surface area contributed by atoms with Crippen LogP contribution in [0.1, 0.15) is 28.8 Å². The Morgan fingerprint density at radius 1 is 0.906 bits per heavy atom. The van der Waals surface area contributed by atoms with Crippen molar-refractivity contribution in [2.45, 2.75) is 24.9 Å². The van der Waals surface area contributed by atoms with E-state index in [1.54, 1.807) is 12.1 Å². The van der Waals surface area contributed by atoms with Gasteiger partial charge in [0.1, 0.15) is 5.82 Å². The Kier molecular flexibility index (Phi) is 5.66. The number of likely N-dealkylation sites (tertiary alicyclic amines) is 1. The van der Waals surface area contributed by atoms with E-state index in [0.717, 1.165) is 37.1 Å². The summed E-state index contributed by atoms with van der Waals surface area (Å²) in [6, 6.07) is 24.1. The first-order valence-corrected chi connectivity index (χ1v) is 11.4. The van der Waals surface area contributed by atoms with Gasteiger partial charge in [-0.05, 0) is 59.6 Å².